The van der Waals surface area contributed by atoms with Crippen molar-refractivity contribution in [3.63, 3.8) is 0 Å². The van der Waals surface area contributed by atoms with Crippen molar-refractivity contribution in [1.82, 2.24) is 15.1 Å². The highest BCUT2D eigenvalue weighted by Gasteiger charge is 2.18. The van der Waals surface area contributed by atoms with Gasteiger partial charge in [-0.2, -0.15) is 5.10 Å². The van der Waals surface area contributed by atoms with Crippen LogP contribution in [-0.4, -0.2) is 27.6 Å². The number of benzene rings is 2. The average molecular weight is 423 g/mol. The molecule has 0 fully saturated rings. The Morgan fingerprint density at radius 2 is 1.70 bits per heavy atom. The summed E-state index contributed by atoms with van der Waals surface area (Å²) in [5, 5.41) is 7.55. The summed E-state index contributed by atoms with van der Waals surface area (Å²) in [4.78, 5) is 24.1. The van der Waals surface area contributed by atoms with Gasteiger partial charge in [0.1, 0.15) is 11.2 Å². The lowest BCUT2D eigenvalue weighted by molar-refractivity contribution is -0.124. The number of carbonyl (C=O) groups excluding carboxylic acids is 2. The molecule has 0 spiro atoms. The number of primary amides is 1. The zero-order valence-electron chi connectivity index (χ0n) is 16.6. The molecule has 0 saturated carbocycles. The van der Waals surface area contributed by atoms with E-state index in [0.29, 0.717) is 29.4 Å². The Balaban J connectivity index is 1.68. The minimum Gasteiger partial charge on any atom is -0.368 e. The molecule has 0 aliphatic rings. The van der Waals surface area contributed by atoms with Crippen molar-refractivity contribution >= 4 is 29.5 Å². The van der Waals surface area contributed by atoms with E-state index in [4.69, 9.17) is 17.3 Å². The van der Waals surface area contributed by atoms with E-state index in [1.54, 1.807) is 10.8 Å². The lowest BCUT2D eigenvalue weighted by Crippen LogP contribution is -2.45. The van der Waals surface area contributed by atoms with Crippen molar-refractivity contribution in [1.29, 1.82) is 0 Å². The lowest BCUT2D eigenvalue weighted by atomic mass is 10.1. The number of amides is 2. The minimum absolute atomic E-state index is 0.324. The van der Waals surface area contributed by atoms with Gasteiger partial charge < -0.3 is 11.1 Å². The number of halogens is 1. The van der Waals surface area contributed by atoms with Crippen molar-refractivity contribution in [2.45, 2.75) is 25.9 Å². The van der Waals surface area contributed by atoms with Gasteiger partial charge in [0.05, 0.1) is 12.2 Å². The van der Waals surface area contributed by atoms with Gasteiger partial charge >= 0.3 is 0 Å². The molecule has 3 N–H and O–H groups in total. The Morgan fingerprint density at radius 1 is 1.10 bits per heavy atom. The van der Waals surface area contributed by atoms with Crippen molar-refractivity contribution in [3.8, 4) is 0 Å². The first-order valence-corrected chi connectivity index (χ1v) is 9.90. The van der Waals surface area contributed by atoms with E-state index in [1.807, 2.05) is 67.6 Å². The fraction of sp³-hybridized carbons (Fsp3) is 0.174. The summed E-state index contributed by atoms with van der Waals surface area (Å²) in [5.74, 6) is -1.02. The molecule has 2 amide bonds. The quantitative estimate of drug-likeness (QED) is 0.546. The van der Waals surface area contributed by atoms with Crippen LogP contribution in [0.15, 0.2) is 66.7 Å². The highest BCUT2D eigenvalue weighted by molar-refractivity contribution is 6.31. The number of nitrogens with zero attached hydrogens (tertiary/aromatic N) is 2. The Hall–Kier alpha value is -3.38. The molecule has 1 aromatic heterocycles. The molecule has 3 aromatic rings. The van der Waals surface area contributed by atoms with E-state index in [2.05, 4.69) is 10.4 Å². The summed E-state index contributed by atoms with van der Waals surface area (Å²) in [5.41, 5.74) is 8.79. The average Bonchev–Trinajstić information content (AvgIpc) is 3.00. The molecule has 0 bridgehead atoms. The maximum atomic E-state index is 12.4. The van der Waals surface area contributed by atoms with Crippen LogP contribution in [0.4, 0.5) is 0 Å². The molecule has 0 radical (unpaired) electrons. The molecule has 1 heterocycles. The van der Waals surface area contributed by atoms with Crippen LogP contribution < -0.4 is 11.1 Å². The molecule has 2 aromatic carbocycles. The predicted octanol–water partition coefficient (Wildman–Crippen LogP) is 3.12. The molecule has 0 saturated heterocycles. The number of hydrogen-bond acceptors (Lipinski definition) is 3. The maximum Gasteiger partial charge on any atom is 0.244 e. The van der Waals surface area contributed by atoms with Crippen molar-refractivity contribution < 1.29 is 9.59 Å². The first-order valence-electron chi connectivity index (χ1n) is 9.52. The monoisotopic (exact) mass is 422 g/mol. The molecule has 0 aliphatic carbocycles. The van der Waals surface area contributed by atoms with Gasteiger partial charge in [0.25, 0.3) is 0 Å². The van der Waals surface area contributed by atoms with Crippen LogP contribution in [0.3, 0.4) is 0 Å². The normalized spacial score (nSPS) is 12.1. The van der Waals surface area contributed by atoms with Gasteiger partial charge in [-0.1, -0.05) is 72.3 Å². The van der Waals surface area contributed by atoms with Crippen LogP contribution in [0.2, 0.25) is 5.15 Å². The lowest BCUT2D eigenvalue weighted by Gasteiger charge is -2.14. The Kier molecular flexibility index (Phi) is 7.03. The first kappa shape index (κ1) is 21.3. The maximum absolute atomic E-state index is 12.4. The zero-order valence-corrected chi connectivity index (χ0v) is 17.3. The second-order valence-electron chi connectivity index (χ2n) is 6.92. The third kappa shape index (κ3) is 5.58. The van der Waals surface area contributed by atoms with Crippen molar-refractivity contribution in [2.24, 2.45) is 5.73 Å². The van der Waals surface area contributed by atoms with E-state index < -0.39 is 17.9 Å². The van der Waals surface area contributed by atoms with Gasteiger partial charge in [0.15, 0.2) is 0 Å². The smallest absolute Gasteiger partial charge is 0.244 e. The Labute approximate surface area is 180 Å². The van der Waals surface area contributed by atoms with E-state index in [1.165, 1.54) is 6.08 Å². The van der Waals surface area contributed by atoms with Gasteiger partial charge in [-0.25, -0.2) is 4.68 Å². The molecule has 3 rings (SSSR count). The van der Waals surface area contributed by atoms with Crippen LogP contribution in [-0.2, 0) is 22.6 Å². The first-order chi connectivity index (χ1) is 14.4. The molecule has 7 heteroatoms. The fourth-order valence-electron chi connectivity index (χ4n) is 3.07. The van der Waals surface area contributed by atoms with Gasteiger partial charge in [-0.3, -0.25) is 9.59 Å². The Bertz CT molecular complexity index is 1050. The van der Waals surface area contributed by atoms with Crippen LogP contribution in [0, 0.1) is 6.92 Å². The number of hydrogen-bond donors (Lipinski definition) is 2. The highest BCUT2D eigenvalue weighted by atomic mass is 35.5. The van der Waals surface area contributed by atoms with E-state index in [9.17, 15) is 9.59 Å². The number of carbonyl (C=O) groups is 2. The molecular formula is C23H23ClN4O2. The number of rotatable bonds is 8. The number of nitrogens with two attached hydrogens (primary N) is 1. The molecule has 30 heavy (non-hydrogen) atoms. The second-order valence-corrected chi connectivity index (χ2v) is 7.28. The summed E-state index contributed by atoms with van der Waals surface area (Å²) < 4.78 is 1.69. The van der Waals surface area contributed by atoms with E-state index >= 15 is 0 Å². The van der Waals surface area contributed by atoms with Crippen molar-refractivity contribution in [2.75, 3.05) is 0 Å². The molecule has 0 aliphatic heterocycles. The van der Waals surface area contributed by atoms with Gasteiger partial charge in [-0.15, -0.1) is 0 Å². The number of nitrogens with one attached hydrogen (secondary N) is 1. The second kappa shape index (κ2) is 9.89. The molecule has 6 nitrogen and oxygen atoms in total. The van der Waals surface area contributed by atoms with E-state index in [-0.39, 0.29) is 0 Å². The summed E-state index contributed by atoms with van der Waals surface area (Å²) in [7, 11) is 0. The minimum atomic E-state index is -0.804. The zero-order chi connectivity index (χ0) is 21.5. The fourth-order valence-corrected chi connectivity index (χ4v) is 3.37. The molecular weight excluding hydrogens is 400 g/mol. The van der Waals surface area contributed by atoms with Gasteiger partial charge in [-0.05, 0) is 24.1 Å². The SMILES string of the molecule is Cc1nn(Cc2ccccc2)c(Cl)c1/C=C/C(=O)NC(Cc1ccccc1)C(N)=O. The third-order valence-corrected chi connectivity index (χ3v) is 5.03. The van der Waals surface area contributed by atoms with Crippen LogP contribution >= 0.6 is 11.6 Å². The van der Waals surface area contributed by atoms with Crippen LogP contribution in [0.1, 0.15) is 22.4 Å². The molecule has 154 valence electrons. The highest BCUT2D eigenvalue weighted by Crippen LogP contribution is 2.22. The molecule has 1 atom stereocenters. The largest absolute Gasteiger partial charge is 0.368 e. The number of aromatic nitrogens is 2. The molecule has 1 unspecified atom stereocenters. The topological polar surface area (TPSA) is 90.0 Å². The van der Waals surface area contributed by atoms with Gasteiger partial charge in [0.2, 0.25) is 11.8 Å². The third-order valence-electron chi connectivity index (χ3n) is 4.63. The van der Waals surface area contributed by atoms with Gasteiger partial charge in [0, 0.05) is 18.1 Å². The number of aryl methyl sites for hydroxylation is 1. The standard InChI is InChI=1S/C23H23ClN4O2/c1-16-19(22(24)28(27-16)15-18-10-6-3-7-11-18)12-13-21(29)26-20(23(25)30)14-17-8-4-2-5-9-17/h2-13,20H,14-15H2,1H3,(H2,25,30)(H,26,29)/b13-12+. The summed E-state index contributed by atoms with van der Waals surface area (Å²) >= 11 is 6.47. The summed E-state index contributed by atoms with van der Waals surface area (Å²) in [6.07, 6.45) is 3.26. The predicted molar refractivity (Wildman–Crippen MR) is 118 cm³/mol. The summed E-state index contributed by atoms with van der Waals surface area (Å²) in [6, 6.07) is 18.4. The van der Waals surface area contributed by atoms with Crippen molar-refractivity contribution in [3.05, 3.63) is 94.3 Å². The summed E-state index contributed by atoms with van der Waals surface area (Å²) in [6.45, 7) is 2.36. The Morgan fingerprint density at radius 3 is 2.30 bits per heavy atom. The van der Waals surface area contributed by atoms with E-state index in [0.717, 1.165) is 11.1 Å². The van der Waals surface area contributed by atoms with Crippen LogP contribution in [0.25, 0.3) is 6.08 Å². The van der Waals surface area contributed by atoms with Crippen LogP contribution in [0.5, 0.6) is 0 Å².